The van der Waals surface area contributed by atoms with Crippen LogP contribution in [-0.2, 0) is 9.59 Å². The molecule has 8 nitrogen and oxygen atoms in total. The van der Waals surface area contributed by atoms with Crippen molar-refractivity contribution in [2.75, 3.05) is 30.8 Å². The van der Waals surface area contributed by atoms with Gasteiger partial charge in [-0.1, -0.05) is 11.8 Å². The van der Waals surface area contributed by atoms with E-state index in [0.717, 1.165) is 53.3 Å². The van der Waals surface area contributed by atoms with E-state index in [9.17, 15) is 9.59 Å². The largest absolute Gasteiger partial charge is 0.487 e. The maximum atomic E-state index is 12.2. The summed E-state index contributed by atoms with van der Waals surface area (Å²) in [5.74, 6) is 9.08. The summed E-state index contributed by atoms with van der Waals surface area (Å²) in [5.41, 5.74) is 1.60. The molecule has 3 fully saturated rings. The number of amides is 2. The summed E-state index contributed by atoms with van der Waals surface area (Å²) in [5, 5.41) is 7.71. The number of ether oxygens (including phenoxy) is 1. The van der Waals surface area contributed by atoms with E-state index in [4.69, 9.17) is 4.74 Å². The van der Waals surface area contributed by atoms with Gasteiger partial charge in [-0.3, -0.25) is 9.59 Å². The molecule has 3 aromatic rings. The fourth-order valence-electron chi connectivity index (χ4n) is 4.31. The minimum Gasteiger partial charge on any atom is -0.487 e. The standard InChI is InChI=1S/C28H27N5O3/c1-29-26-24-14-30-25(32-27(34)18-6-7-18)12-23(24)20(13-31-26)5-2-17-3-10-21(11-4-17)36-22-15-33(16-22)28(35)19-8-9-19/h3-4,10-14,18-19,22H,6-9,15-16H2,1H3,(H,29,31)(H,30,32,34). The molecular weight excluding hydrogens is 454 g/mol. The average molecular weight is 482 g/mol. The topological polar surface area (TPSA) is 96.5 Å². The van der Waals surface area contributed by atoms with Crippen LogP contribution in [-0.4, -0.2) is 52.9 Å². The van der Waals surface area contributed by atoms with Gasteiger partial charge in [-0.25, -0.2) is 9.97 Å². The predicted octanol–water partition coefficient (Wildman–Crippen LogP) is 3.42. The van der Waals surface area contributed by atoms with Crippen molar-refractivity contribution >= 4 is 34.2 Å². The van der Waals surface area contributed by atoms with Crippen LogP contribution in [0.15, 0.2) is 42.7 Å². The van der Waals surface area contributed by atoms with Crippen molar-refractivity contribution in [3.8, 4) is 17.6 Å². The smallest absolute Gasteiger partial charge is 0.228 e. The van der Waals surface area contributed by atoms with Gasteiger partial charge in [0.05, 0.1) is 18.7 Å². The van der Waals surface area contributed by atoms with Crippen molar-refractivity contribution in [3.05, 3.63) is 53.9 Å². The first-order valence-corrected chi connectivity index (χ1v) is 12.4. The molecule has 1 aliphatic heterocycles. The molecule has 0 bridgehead atoms. The molecule has 2 N–H and O–H groups in total. The van der Waals surface area contributed by atoms with Gasteiger partial charge >= 0.3 is 0 Å². The first kappa shape index (κ1) is 22.4. The van der Waals surface area contributed by atoms with Gasteiger partial charge < -0.3 is 20.3 Å². The molecule has 6 rings (SSSR count). The van der Waals surface area contributed by atoms with Crippen molar-refractivity contribution in [1.29, 1.82) is 0 Å². The normalized spacial score (nSPS) is 17.1. The maximum absolute atomic E-state index is 12.2. The quantitative estimate of drug-likeness (QED) is 0.524. The molecule has 2 aliphatic carbocycles. The summed E-state index contributed by atoms with van der Waals surface area (Å²) < 4.78 is 6.00. The molecule has 1 saturated heterocycles. The summed E-state index contributed by atoms with van der Waals surface area (Å²) in [4.78, 5) is 35.0. The number of hydrogen-bond acceptors (Lipinski definition) is 6. The van der Waals surface area contributed by atoms with Crippen LogP contribution in [0.25, 0.3) is 10.8 Å². The second kappa shape index (κ2) is 9.15. The van der Waals surface area contributed by atoms with Crippen LogP contribution in [0.3, 0.4) is 0 Å². The Labute approximate surface area is 209 Å². The summed E-state index contributed by atoms with van der Waals surface area (Å²) in [7, 11) is 1.81. The maximum Gasteiger partial charge on any atom is 0.228 e. The zero-order chi connectivity index (χ0) is 24.6. The zero-order valence-electron chi connectivity index (χ0n) is 20.1. The fraction of sp³-hybridized carbons (Fsp3) is 0.357. The van der Waals surface area contributed by atoms with E-state index in [0.29, 0.717) is 24.7 Å². The third-order valence-electron chi connectivity index (χ3n) is 6.79. The molecule has 0 unspecified atom stereocenters. The lowest BCUT2D eigenvalue weighted by Crippen LogP contribution is -2.56. The second-order valence-corrected chi connectivity index (χ2v) is 9.68. The molecule has 0 atom stereocenters. The lowest BCUT2D eigenvalue weighted by molar-refractivity contribution is -0.141. The molecule has 8 heteroatoms. The zero-order valence-corrected chi connectivity index (χ0v) is 20.1. The Balaban J connectivity index is 1.16. The van der Waals surface area contributed by atoms with E-state index < -0.39 is 0 Å². The van der Waals surface area contributed by atoms with Crippen LogP contribution >= 0.6 is 0 Å². The first-order chi connectivity index (χ1) is 17.6. The molecule has 2 aromatic heterocycles. The summed E-state index contributed by atoms with van der Waals surface area (Å²) >= 11 is 0. The minimum absolute atomic E-state index is 0.0174. The Bertz CT molecular complexity index is 1390. The van der Waals surface area contributed by atoms with Crippen LogP contribution in [0.1, 0.15) is 36.8 Å². The molecule has 36 heavy (non-hydrogen) atoms. The lowest BCUT2D eigenvalue weighted by atomic mass is 10.1. The van der Waals surface area contributed by atoms with Crippen molar-refractivity contribution in [3.63, 3.8) is 0 Å². The molecule has 182 valence electrons. The SMILES string of the molecule is CNc1ncc(C#Cc2ccc(OC3CN(C(=O)C4CC4)C3)cc2)c2cc(NC(=O)C3CC3)ncc12. The first-order valence-electron chi connectivity index (χ1n) is 12.4. The van der Waals surface area contributed by atoms with Crippen LogP contribution in [0, 0.1) is 23.7 Å². The molecule has 0 radical (unpaired) electrons. The lowest BCUT2D eigenvalue weighted by Gasteiger charge is -2.39. The van der Waals surface area contributed by atoms with Crippen LogP contribution < -0.4 is 15.4 Å². The van der Waals surface area contributed by atoms with E-state index in [1.807, 2.05) is 42.3 Å². The number of carbonyl (C=O) groups is 2. The van der Waals surface area contributed by atoms with Crippen LogP contribution in [0.2, 0.25) is 0 Å². The van der Waals surface area contributed by atoms with E-state index >= 15 is 0 Å². The van der Waals surface area contributed by atoms with Gasteiger partial charge in [0, 0.05) is 47.6 Å². The molecule has 3 heterocycles. The highest BCUT2D eigenvalue weighted by Gasteiger charge is 2.40. The number of anilines is 2. The van der Waals surface area contributed by atoms with Crippen LogP contribution in [0.4, 0.5) is 11.6 Å². The number of nitrogens with zero attached hydrogens (tertiary/aromatic N) is 3. The van der Waals surface area contributed by atoms with E-state index in [2.05, 4.69) is 32.4 Å². The Hall–Kier alpha value is -4.12. The Kier molecular flexibility index (Phi) is 5.68. The number of nitrogens with one attached hydrogen (secondary N) is 2. The van der Waals surface area contributed by atoms with Gasteiger partial charge in [0.2, 0.25) is 11.8 Å². The number of benzene rings is 1. The van der Waals surface area contributed by atoms with Crippen molar-refractivity contribution < 1.29 is 14.3 Å². The van der Waals surface area contributed by atoms with E-state index in [1.165, 1.54) is 0 Å². The van der Waals surface area contributed by atoms with Gasteiger partial charge in [0.25, 0.3) is 0 Å². The van der Waals surface area contributed by atoms with Gasteiger partial charge in [-0.15, -0.1) is 0 Å². The molecule has 0 spiro atoms. The monoisotopic (exact) mass is 481 g/mol. The number of rotatable bonds is 6. The molecular formula is C28H27N5O3. The minimum atomic E-state index is 0.0174. The summed E-state index contributed by atoms with van der Waals surface area (Å²) in [6.45, 7) is 1.33. The number of likely N-dealkylation sites (tertiary alicyclic amines) is 1. The van der Waals surface area contributed by atoms with Gasteiger partial charge in [-0.05, 0) is 56.0 Å². The van der Waals surface area contributed by atoms with Crippen molar-refractivity contribution in [1.82, 2.24) is 14.9 Å². The van der Waals surface area contributed by atoms with Crippen molar-refractivity contribution in [2.24, 2.45) is 11.8 Å². The number of hydrogen-bond donors (Lipinski definition) is 2. The summed E-state index contributed by atoms with van der Waals surface area (Å²) in [6, 6.07) is 9.52. The Morgan fingerprint density at radius 2 is 1.72 bits per heavy atom. The third kappa shape index (κ3) is 4.69. The van der Waals surface area contributed by atoms with Gasteiger partial charge in [-0.2, -0.15) is 0 Å². The molecule has 1 aromatic carbocycles. The predicted molar refractivity (Wildman–Crippen MR) is 137 cm³/mol. The fourth-order valence-corrected chi connectivity index (χ4v) is 4.31. The third-order valence-corrected chi connectivity index (χ3v) is 6.79. The highest BCUT2D eigenvalue weighted by molar-refractivity contribution is 5.99. The van der Waals surface area contributed by atoms with Crippen molar-refractivity contribution in [2.45, 2.75) is 31.8 Å². The molecule has 2 amide bonds. The van der Waals surface area contributed by atoms with E-state index in [-0.39, 0.29) is 29.8 Å². The Morgan fingerprint density at radius 3 is 2.42 bits per heavy atom. The molecule has 2 saturated carbocycles. The highest BCUT2D eigenvalue weighted by atomic mass is 16.5. The number of aromatic nitrogens is 2. The van der Waals surface area contributed by atoms with Gasteiger partial charge in [0.1, 0.15) is 23.5 Å². The number of fused-ring (bicyclic) bond motifs is 1. The average Bonchev–Trinajstić information content (AvgIpc) is 3.77. The van der Waals surface area contributed by atoms with Crippen LogP contribution in [0.5, 0.6) is 5.75 Å². The number of carbonyl (C=O) groups excluding carboxylic acids is 2. The summed E-state index contributed by atoms with van der Waals surface area (Å²) in [6.07, 6.45) is 7.44. The Morgan fingerprint density at radius 1 is 0.972 bits per heavy atom. The second-order valence-electron chi connectivity index (χ2n) is 9.68. The number of pyridine rings is 2. The molecule has 3 aliphatic rings. The highest BCUT2D eigenvalue weighted by Crippen LogP contribution is 2.33. The van der Waals surface area contributed by atoms with E-state index in [1.54, 1.807) is 12.4 Å². The van der Waals surface area contributed by atoms with Gasteiger partial charge in [0.15, 0.2) is 0 Å².